The summed E-state index contributed by atoms with van der Waals surface area (Å²) in [5.41, 5.74) is 5.13. The topological polar surface area (TPSA) is 74.5 Å². The minimum Gasteiger partial charge on any atom is -0.465 e. The summed E-state index contributed by atoms with van der Waals surface area (Å²) in [6.07, 6.45) is 0. The largest absolute Gasteiger partial charge is 0.465 e. The number of hydrogen-bond donors (Lipinski definition) is 1. The third kappa shape index (κ3) is 4.31. The van der Waals surface area contributed by atoms with Crippen molar-refractivity contribution in [3.8, 4) is 6.07 Å². The van der Waals surface area contributed by atoms with E-state index in [1.54, 1.807) is 42.5 Å². The first-order chi connectivity index (χ1) is 11.0. The van der Waals surface area contributed by atoms with Gasteiger partial charge < -0.3 is 4.74 Å². The number of esters is 1. The highest BCUT2D eigenvalue weighted by molar-refractivity contribution is 9.18. The van der Waals surface area contributed by atoms with Gasteiger partial charge in [-0.15, -0.1) is 0 Å². The van der Waals surface area contributed by atoms with Crippen molar-refractivity contribution in [1.82, 2.24) is 0 Å². The van der Waals surface area contributed by atoms with Gasteiger partial charge in [0.05, 0.1) is 28.9 Å². The van der Waals surface area contributed by atoms with Crippen LogP contribution in [0.1, 0.15) is 21.5 Å². The van der Waals surface area contributed by atoms with E-state index < -0.39 is 5.97 Å². The standard InChI is InChI=1S/C16H11BrClN3O2/c1-23-16(22)11-4-2-10(3-5-11)15(17)21-20-13-7-6-12(9-19)14(18)8-13/h2-8,20H,1H3/b21-15-. The zero-order valence-corrected chi connectivity index (χ0v) is 14.4. The average Bonchev–Trinajstić information content (AvgIpc) is 2.59. The quantitative estimate of drug-likeness (QED) is 0.481. The molecule has 2 rings (SSSR count). The third-order valence-corrected chi connectivity index (χ3v) is 3.86. The molecule has 0 amide bonds. The molecule has 116 valence electrons. The van der Waals surface area contributed by atoms with Gasteiger partial charge in [-0.2, -0.15) is 10.4 Å². The van der Waals surface area contributed by atoms with Crippen LogP contribution in [0.4, 0.5) is 5.69 Å². The lowest BCUT2D eigenvalue weighted by molar-refractivity contribution is 0.0600. The summed E-state index contributed by atoms with van der Waals surface area (Å²) in [6.45, 7) is 0. The maximum absolute atomic E-state index is 11.4. The Kier molecular flexibility index (Phi) is 5.74. The number of ether oxygens (including phenoxy) is 1. The molecule has 5 nitrogen and oxygen atoms in total. The van der Waals surface area contributed by atoms with Crippen LogP contribution >= 0.6 is 27.5 Å². The Bertz CT molecular complexity index is 798. The van der Waals surface area contributed by atoms with Crippen LogP contribution in [0.25, 0.3) is 0 Å². The normalized spacial score (nSPS) is 10.8. The Hall–Kier alpha value is -2.36. The van der Waals surface area contributed by atoms with E-state index >= 15 is 0 Å². The first kappa shape index (κ1) is 17.0. The molecule has 0 spiro atoms. The summed E-state index contributed by atoms with van der Waals surface area (Å²) < 4.78 is 5.19. The molecule has 0 atom stereocenters. The number of methoxy groups -OCH3 is 1. The van der Waals surface area contributed by atoms with Crippen molar-refractivity contribution in [3.63, 3.8) is 0 Å². The van der Waals surface area contributed by atoms with Gasteiger partial charge in [0.15, 0.2) is 0 Å². The molecule has 0 saturated carbocycles. The molecule has 0 aromatic heterocycles. The molecule has 0 fully saturated rings. The van der Waals surface area contributed by atoms with Crippen LogP contribution in [0, 0.1) is 11.3 Å². The number of nitrogens with one attached hydrogen (secondary N) is 1. The lowest BCUT2D eigenvalue weighted by atomic mass is 10.1. The predicted octanol–water partition coefficient (Wildman–Crippen LogP) is 4.17. The summed E-state index contributed by atoms with van der Waals surface area (Å²) in [5.74, 6) is -0.394. The number of hydrogen-bond acceptors (Lipinski definition) is 5. The van der Waals surface area contributed by atoms with Crippen LogP contribution < -0.4 is 5.43 Å². The number of nitrogens with zero attached hydrogens (tertiary/aromatic N) is 2. The molecule has 0 aliphatic carbocycles. The second-order valence-electron chi connectivity index (χ2n) is 4.39. The highest BCUT2D eigenvalue weighted by Gasteiger charge is 2.06. The Morgan fingerprint density at radius 2 is 1.91 bits per heavy atom. The van der Waals surface area contributed by atoms with E-state index in [1.165, 1.54) is 7.11 Å². The van der Waals surface area contributed by atoms with Crippen LogP contribution in [0.15, 0.2) is 47.6 Å². The molecule has 0 unspecified atom stereocenters. The van der Waals surface area contributed by atoms with Crippen molar-refractivity contribution in [3.05, 3.63) is 64.2 Å². The summed E-state index contributed by atoms with van der Waals surface area (Å²) in [5, 5.41) is 13.4. The molecule has 0 aliphatic rings. The van der Waals surface area contributed by atoms with Gasteiger partial charge in [0.2, 0.25) is 0 Å². The zero-order chi connectivity index (χ0) is 16.8. The van der Waals surface area contributed by atoms with Crippen LogP contribution in [-0.4, -0.2) is 17.7 Å². The molecule has 23 heavy (non-hydrogen) atoms. The molecule has 7 heteroatoms. The highest BCUT2D eigenvalue weighted by Crippen LogP contribution is 2.20. The lowest BCUT2D eigenvalue weighted by Gasteiger charge is -2.04. The molecular weight excluding hydrogens is 382 g/mol. The van der Waals surface area contributed by atoms with Crippen molar-refractivity contribution < 1.29 is 9.53 Å². The van der Waals surface area contributed by atoms with E-state index in [0.717, 1.165) is 5.56 Å². The Morgan fingerprint density at radius 1 is 1.26 bits per heavy atom. The smallest absolute Gasteiger partial charge is 0.337 e. The average molecular weight is 393 g/mol. The maximum Gasteiger partial charge on any atom is 0.337 e. The summed E-state index contributed by atoms with van der Waals surface area (Å²) >= 11 is 9.31. The number of benzene rings is 2. The number of anilines is 1. The summed E-state index contributed by atoms with van der Waals surface area (Å²) in [7, 11) is 1.33. The van der Waals surface area contributed by atoms with Gasteiger partial charge in [0, 0.05) is 5.56 Å². The number of halogens is 2. The van der Waals surface area contributed by atoms with E-state index in [9.17, 15) is 4.79 Å². The van der Waals surface area contributed by atoms with Gasteiger partial charge in [-0.05, 0) is 46.3 Å². The Balaban J connectivity index is 2.12. The number of rotatable bonds is 4. The fourth-order valence-electron chi connectivity index (χ4n) is 1.72. The summed E-state index contributed by atoms with van der Waals surface area (Å²) in [6, 6.07) is 13.7. The van der Waals surface area contributed by atoms with Crippen LogP contribution in [0.5, 0.6) is 0 Å². The van der Waals surface area contributed by atoms with Gasteiger partial charge in [-0.3, -0.25) is 5.43 Å². The Morgan fingerprint density at radius 3 is 2.48 bits per heavy atom. The van der Waals surface area contributed by atoms with E-state index in [4.69, 9.17) is 16.9 Å². The number of carbonyl (C=O) groups is 1. The van der Waals surface area contributed by atoms with Crippen molar-refractivity contribution in [2.24, 2.45) is 5.10 Å². The first-order valence-electron chi connectivity index (χ1n) is 6.42. The molecule has 2 aromatic carbocycles. The Labute approximate surface area is 146 Å². The van der Waals surface area contributed by atoms with Gasteiger partial charge in [0.25, 0.3) is 0 Å². The van der Waals surface area contributed by atoms with Crippen molar-refractivity contribution >= 4 is 43.8 Å². The lowest BCUT2D eigenvalue weighted by Crippen LogP contribution is -2.02. The molecule has 0 radical (unpaired) electrons. The summed E-state index contributed by atoms with van der Waals surface area (Å²) in [4.78, 5) is 11.4. The van der Waals surface area contributed by atoms with Crippen LogP contribution in [-0.2, 0) is 4.74 Å². The predicted molar refractivity (Wildman–Crippen MR) is 93.0 cm³/mol. The second kappa shape index (κ2) is 7.77. The number of hydrazone groups is 1. The molecule has 0 saturated heterocycles. The SMILES string of the molecule is COC(=O)c1ccc(/C(Br)=N/Nc2ccc(C#N)c(Cl)c2)cc1. The van der Waals surface area contributed by atoms with Gasteiger partial charge in [-0.25, -0.2) is 4.79 Å². The minimum atomic E-state index is -0.394. The maximum atomic E-state index is 11.4. The molecule has 2 aromatic rings. The van der Waals surface area contributed by atoms with Crippen molar-refractivity contribution in [2.75, 3.05) is 12.5 Å². The van der Waals surface area contributed by atoms with E-state index in [-0.39, 0.29) is 0 Å². The highest BCUT2D eigenvalue weighted by atomic mass is 79.9. The van der Waals surface area contributed by atoms with Gasteiger partial charge in [0.1, 0.15) is 10.7 Å². The monoisotopic (exact) mass is 391 g/mol. The van der Waals surface area contributed by atoms with Crippen LogP contribution in [0.3, 0.4) is 0 Å². The fourth-order valence-corrected chi connectivity index (χ4v) is 2.29. The van der Waals surface area contributed by atoms with E-state index in [0.29, 0.717) is 26.5 Å². The molecule has 1 N–H and O–H groups in total. The second-order valence-corrected chi connectivity index (χ2v) is 5.55. The van der Waals surface area contributed by atoms with E-state index in [2.05, 4.69) is 31.2 Å². The van der Waals surface area contributed by atoms with Crippen LogP contribution in [0.2, 0.25) is 5.02 Å². The molecular formula is C16H11BrClN3O2. The van der Waals surface area contributed by atoms with Crippen molar-refractivity contribution in [1.29, 1.82) is 5.26 Å². The zero-order valence-electron chi connectivity index (χ0n) is 12.0. The van der Waals surface area contributed by atoms with Gasteiger partial charge in [-0.1, -0.05) is 23.7 Å². The third-order valence-electron chi connectivity index (χ3n) is 2.92. The van der Waals surface area contributed by atoms with Crippen molar-refractivity contribution in [2.45, 2.75) is 0 Å². The van der Waals surface area contributed by atoms with E-state index in [1.807, 2.05) is 6.07 Å². The molecule has 0 heterocycles. The van der Waals surface area contributed by atoms with Gasteiger partial charge >= 0.3 is 5.97 Å². The minimum absolute atomic E-state index is 0.353. The fraction of sp³-hybridized carbons (Fsp3) is 0.0625. The number of carbonyl (C=O) groups excluding carboxylic acids is 1. The molecule has 0 aliphatic heterocycles. The first-order valence-corrected chi connectivity index (χ1v) is 7.60. The number of nitriles is 1. The molecule has 0 bridgehead atoms.